The number of hydrogen-bond donors (Lipinski definition) is 2. The number of aromatic nitrogens is 2. The molecule has 0 saturated heterocycles. The second-order valence-electron chi connectivity index (χ2n) is 5.33. The minimum Gasteiger partial charge on any atom is -0.462 e. The monoisotopic (exact) mass is 290 g/mol. The van der Waals surface area contributed by atoms with Crippen LogP contribution >= 0.6 is 0 Å². The average Bonchev–Trinajstić information content (AvgIpc) is 2.70. The van der Waals surface area contributed by atoms with Crippen molar-refractivity contribution < 1.29 is 9.53 Å². The topological polar surface area (TPSA) is 81.6 Å². The molecule has 3 N–H and O–H groups in total. The van der Waals surface area contributed by atoms with Gasteiger partial charge in [0.15, 0.2) is 5.82 Å². The minimum atomic E-state index is -0.298. The van der Waals surface area contributed by atoms with Crippen LogP contribution in [0.25, 0.3) is 5.52 Å². The van der Waals surface area contributed by atoms with Gasteiger partial charge in [-0.05, 0) is 32.3 Å². The molecule has 0 radical (unpaired) electrons. The van der Waals surface area contributed by atoms with Crippen molar-refractivity contribution in [1.29, 1.82) is 0 Å². The number of nitrogens with zero attached hydrogens (tertiary/aromatic N) is 2. The van der Waals surface area contributed by atoms with Gasteiger partial charge >= 0.3 is 5.97 Å². The van der Waals surface area contributed by atoms with Crippen molar-refractivity contribution in [3.63, 3.8) is 0 Å². The van der Waals surface area contributed by atoms with Crippen LogP contribution in [-0.2, 0) is 4.74 Å². The Balaban J connectivity index is 2.81. The average molecular weight is 290 g/mol. The summed E-state index contributed by atoms with van der Waals surface area (Å²) in [6, 6.07) is 0. The molecular weight excluding hydrogens is 268 g/mol. The van der Waals surface area contributed by atoms with Crippen LogP contribution in [0.1, 0.15) is 54.0 Å². The first-order valence-electron chi connectivity index (χ1n) is 7.08. The van der Waals surface area contributed by atoms with E-state index in [1.807, 2.05) is 18.2 Å². The molecule has 0 atom stereocenters. The zero-order chi connectivity index (χ0) is 15.7. The number of nitrogens with one attached hydrogen (secondary N) is 1. The Hall–Kier alpha value is -2.08. The first kappa shape index (κ1) is 15.3. The molecule has 0 spiro atoms. The first-order chi connectivity index (χ1) is 9.92. The lowest BCUT2D eigenvalue weighted by Crippen LogP contribution is -2.12. The third-order valence-corrected chi connectivity index (χ3v) is 3.60. The summed E-state index contributed by atoms with van der Waals surface area (Å²) >= 11 is 0. The molecule has 2 aromatic heterocycles. The van der Waals surface area contributed by atoms with Crippen molar-refractivity contribution in [3.05, 3.63) is 28.7 Å². The summed E-state index contributed by atoms with van der Waals surface area (Å²) in [5.74, 6) is 5.98. The second-order valence-corrected chi connectivity index (χ2v) is 5.33. The Kier molecular flexibility index (Phi) is 4.18. The number of anilines is 1. The molecule has 2 heterocycles. The largest absolute Gasteiger partial charge is 0.462 e. The van der Waals surface area contributed by atoms with Crippen LogP contribution in [0.4, 0.5) is 5.82 Å². The Morgan fingerprint density at radius 2 is 2.14 bits per heavy atom. The summed E-state index contributed by atoms with van der Waals surface area (Å²) in [4.78, 5) is 16.7. The molecule has 2 rings (SSSR count). The molecule has 0 bridgehead atoms. The van der Waals surface area contributed by atoms with Gasteiger partial charge in [0, 0.05) is 5.69 Å². The molecule has 0 aromatic carbocycles. The van der Waals surface area contributed by atoms with Gasteiger partial charge in [-0.3, -0.25) is 0 Å². The number of hydrazine groups is 1. The number of esters is 1. The van der Waals surface area contributed by atoms with E-state index in [1.165, 1.54) is 0 Å². The van der Waals surface area contributed by atoms with Gasteiger partial charge in [0.25, 0.3) is 0 Å². The van der Waals surface area contributed by atoms with Crippen LogP contribution in [0.3, 0.4) is 0 Å². The normalized spacial score (nSPS) is 11.2. The summed E-state index contributed by atoms with van der Waals surface area (Å²) in [6.07, 6.45) is 1.80. The summed E-state index contributed by atoms with van der Waals surface area (Å²) < 4.78 is 7.12. The molecule has 6 nitrogen and oxygen atoms in total. The molecule has 0 aliphatic rings. The fourth-order valence-electron chi connectivity index (χ4n) is 2.65. The Bertz CT molecular complexity index is 689. The van der Waals surface area contributed by atoms with Crippen LogP contribution in [-0.4, -0.2) is 22.0 Å². The maximum atomic E-state index is 12.2. The Morgan fingerprint density at radius 3 is 2.67 bits per heavy atom. The number of carbonyl (C=O) groups is 1. The third kappa shape index (κ3) is 2.47. The van der Waals surface area contributed by atoms with Gasteiger partial charge in [-0.2, -0.15) is 0 Å². The lowest BCUT2D eigenvalue weighted by Gasteiger charge is -2.11. The Labute approximate surface area is 124 Å². The highest BCUT2D eigenvalue weighted by molar-refractivity contribution is 5.96. The van der Waals surface area contributed by atoms with Crippen molar-refractivity contribution in [2.75, 3.05) is 12.0 Å². The molecule has 2 aromatic rings. The SMILES string of the molecule is CCOC(=O)c1c(C)c2c(C(C)C)nc(NN)cn2c1C. The van der Waals surface area contributed by atoms with Crippen molar-refractivity contribution in [2.24, 2.45) is 5.84 Å². The zero-order valence-electron chi connectivity index (χ0n) is 13.2. The van der Waals surface area contributed by atoms with Crippen molar-refractivity contribution in [3.8, 4) is 0 Å². The summed E-state index contributed by atoms with van der Waals surface area (Å²) in [6.45, 7) is 10.1. The lowest BCUT2D eigenvalue weighted by molar-refractivity contribution is 0.0525. The van der Waals surface area contributed by atoms with E-state index in [1.54, 1.807) is 13.1 Å². The van der Waals surface area contributed by atoms with E-state index in [9.17, 15) is 4.79 Å². The number of carbonyl (C=O) groups excluding carboxylic acids is 1. The highest BCUT2D eigenvalue weighted by atomic mass is 16.5. The standard InChI is InChI=1S/C15H22N4O2/c1-6-21-15(20)12-9(4)14-13(8(2)3)17-11(18-16)7-19(14)10(12)5/h7-8,18H,6,16H2,1-5H3. The third-order valence-electron chi connectivity index (χ3n) is 3.60. The first-order valence-corrected chi connectivity index (χ1v) is 7.08. The molecule has 114 valence electrons. The van der Waals surface area contributed by atoms with Crippen molar-refractivity contribution in [1.82, 2.24) is 9.38 Å². The van der Waals surface area contributed by atoms with Crippen molar-refractivity contribution in [2.45, 2.75) is 40.5 Å². The van der Waals surface area contributed by atoms with Gasteiger partial charge in [-0.25, -0.2) is 15.6 Å². The highest BCUT2D eigenvalue weighted by Gasteiger charge is 2.23. The van der Waals surface area contributed by atoms with Crippen molar-refractivity contribution >= 4 is 17.3 Å². The van der Waals surface area contributed by atoms with Gasteiger partial charge in [0.1, 0.15) is 0 Å². The molecule has 0 saturated carbocycles. The van der Waals surface area contributed by atoms with E-state index in [0.29, 0.717) is 18.0 Å². The second kappa shape index (κ2) is 5.73. The predicted octanol–water partition coefficient (Wildman–Crippen LogP) is 2.54. The predicted molar refractivity (Wildman–Crippen MR) is 82.5 cm³/mol. The molecule has 0 fully saturated rings. The maximum Gasteiger partial charge on any atom is 0.340 e. The zero-order valence-corrected chi connectivity index (χ0v) is 13.2. The molecule has 0 aliphatic carbocycles. The summed E-state index contributed by atoms with van der Waals surface area (Å²) in [5.41, 5.74) is 6.76. The fraction of sp³-hybridized carbons (Fsp3) is 0.467. The van der Waals surface area contributed by atoms with Crippen LogP contribution in [0.5, 0.6) is 0 Å². The number of hydrogen-bond acceptors (Lipinski definition) is 5. The molecule has 6 heteroatoms. The maximum absolute atomic E-state index is 12.2. The minimum absolute atomic E-state index is 0.212. The Morgan fingerprint density at radius 1 is 1.48 bits per heavy atom. The quantitative estimate of drug-likeness (QED) is 0.514. The van der Waals surface area contributed by atoms with E-state index >= 15 is 0 Å². The smallest absolute Gasteiger partial charge is 0.340 e. The molecular formula is C15H22N4O2. The number of ether oxygens (including phenoxy) is 1. The van der Waals surface area contributed by atoms with Gasteiger partial charge in [-0.15, -0.1) is 0 Å². The van der Waals surface area contributed by atoms with E-state index < -0.39 is 0 Å². The van der Waals surface area contributed by atoms with E-state index in [2.05, 4.69) is 24.3 Å². The summed E-state index contributed by atoms with van der Waals surface area (Å²) in [5, 5.41) is 0. The molecule has 0 aliphatic heterocycles. The van der Waals surface area contributed by atoms with Crippen LogP contribution < -0.4 is 11.3 Å². The van der Waals surface area contributed by atoms with Gasteiger partial charge < -0.3 is 14.6 Å². The van der Waals surface area contributed by atoms with E-state index in [4.69, 9.17) is 10.6 Å². The summed E-state index contributed by atoms with van der Waals surface area (Å²) in [7, 11) is 0. The molecule has 0 unspecified atom stereocenters. The van der Waals surface area contributed by atoms with Crippen LogP contribution in [0.2, 0.25) is 0 Å². The van der Waals surface area contributed by atoms with E-state index in [0.717, 1.165) is 22.5 Å². The number of rotatable bonds is 4. The van der Waals surface area contributed by atoms with Gasteiger partial charge in [0.2, 0.25) is 0 Å². The number of nitrogen functional groups attached to an aromatic ring is 1. The van der Waals surface area contributed by atoms with Gasteiger partial charge in [-0.1, -0.05) is 13.8 Å². The van der Waals surface area contributed by atoms with Crippen LogP contribution in [0.15, 0.2) is 6.20 Å². The molecule has 0 amide bonds. The number of aryl methyl sites for hydroxylation is 2. The highest BCUT2D eigenvalue weighted by Crippen LogP contribution is 2.30. The van der Waals surface area contributed by atoms with Crippen LogP contribution in [0, 0.1) is 13.8 Å². The lowest BCUT2D eigenvalue weighted by atomic mass is 10.1. The number of fused-ring (bicyclic) bond motifs is 1. The van der Waals surface area contributed by atoms with Gasteiger partial charge in [0.05, 0.1) is 29.6 Å². The number of nitrogens with two attached hydrogens (primary N) is 1. The fourth-order valence-corrected chi connectivity index (χ4v) is 2.65. The van der Waals surface area contributed by atoms with E-state index in [-0.39, 0.29) is 11.9 Å². The molecule has 21 heavy (non-hydrogen) atoms.